The maximum absolute atomic E-state index is 14.5. The molecule has 0 bridgehead atoms. The molecule has 594 valence electrons. The first kappa shape index (κ1) is 90.4. The molecule has 0 aliphatic carbocycles. The van der Waals surface area contributed by atoms with Gasteiger partial charge in [-0.2, -0.15) is 0 Å². The molecule has 1 aromatic rings. The number of nitrogens with zero attached hydrogens (tertiary/aromatic N) is 1. The summed E-state index contributed by atoms with van der Waals surface area (Å²) in [4.78, 5) is 156. The lowest BCUT2D eigenvalue weighted by Gasteiger charge is -2.44. The number of rotatable bonds is 50. The minimum atomic E-state index is -1.23. The van der Waals surface area contributed by atoms with Crippen LogP contribution in [0.25, 0.3) is 0 Å². The molecule has 0 spiro atoms. The van der Waals surface area contributed by atoms with Crippen LogP contribution in [0.15, 0.2) is 30.3 Å². The molecular formula is C76H123N7O22. The Labute approximate surface area is 620 Å². The zero-order valence-corrected chi connectivity index (χ0v) is 64.3. The van der Waals surface area contributed by atoms with Gasteiger partial charge >= 0.3 is 23.9 Å². The number of carbonyl (C=O) groups is 12. The van der Waals surface area contributed by atoms with Gasteiger partial charge in [0.1, 0.15) is 32.2 Å². The predicted molar refractivity (Wildman–Crippen MR) is 385 cm³/mol. The fourth-order valence-electron chi connectivity index (χ4n) is 12.8. The SMILES string of the molecule is CC(=O)NC1[C@H](OCCCCCCNC(=O)CNC(=O)CN(CC(=O)CCC(=O)NCCCCO[C@@H]2OC(COC(C)=O)[C@H](C)[C@H](C)C2C)C(CCNC(=O)CCCC(=O)OCc2ccccc2)C(=O)CCC(=O)NCCCCO[C@@H]2OC(COC(C)=O)[C@H](C)[C@H](C)C2C)OC(COC(C)=O)[C@H](C)[C@@H]1C. The van der Waals surface area contributed by atoms with Crippen molar-refractivity contribution in [3.8, 4) is 0 Å². The van der Waals surface area contributed by atoms with Crippen LogP contribution < -0.4 is 31.9 Å². The van der Waals surface area contributed by atoms with Gasteiger partial charge in [0.2, 0.25) is 35.4 Å². The number of esters is 4. The summed E-state index contributed by atoms with van der Waals surface area (Å²) in [7, 11) is 0. The van der Waals surface area contributed by atoms with Crippen LogP contribution in [-0.2, 0) is 112 Å². The van der Waals surface area contributed by atoms with Gasteiger partial charge in [0, 0.05) is 124 Å². The Morgan fingerprint density at radius 2 is 0.867 bits per heavy atom. The molecule has 3 fully saturated rings. The highest BCUT2D eigenvalue weighted by atomic mass is 16.7. The van der Waals surface area contributed by atoms with Crippen molar-refractivity contribution in [2.75, 3.05) is 85.5 Å². The summed E-state index contributed by atoms with van der Waals surface area (Å²) in [6, 6.07) is 7.50. The van der Waals surface area contributed by atoms with Crippen LogP contribution >= 0.6 is 0 Å². The average molecular weight is 1490 g/mol. The molecule has 0 radical (unpaired) electrons. The van der Waals surface area contributed by atoms with Gasteiger partial charge in [-0.3, -0.25) is 62.4 Å². The number of hydrogen-bond acceptors (Lipinski definition) is 23. The number of hydrogen-bond donors (Lipinski definition) is 6. The fraction of sp³-hybridized carbons (Fsp3) is 0.763. The molecule has 16 atom stereocenters. The van der Waals surface area contributed by atoms with Crippen molar-refractivity contribution in [3.05, 3.63) is 35.9 Å². The Balaban J connectivity index is 1.38. The second-order valence-electron chi connectivity index (χ2n) is 28.5. The Morgan fingerprint density at radius 3 is 1.39 bits per heavy atom. The highest BCUT2D eigenvalue weighted by molar-refractivity contribution is 5.92. The average Bonchev–Trinajstić information content (AvgIpc) is 0.827. The summed E-state index contributed by atoms with van der Waals surface area (Å²) < 4.78 is 58.0. The molecular weight excluding hydrogens is 1360 g/mol. The number of amides is 6. The minimum absolute atomic E-state index is 0.0295. The number of benzene rings is 1. The quantitative estimate of drug-likeness (QED) is 0.0252. The smallest absolute Gasteiger partial charge is 0.306 e. The van der Waals surface area contributed by atoms with E-state index in [9.17, 15) is 57.5 Å². The van der Waals surface area contributed by atoms with E-state index in [-0.39, 0.29) is 175 Å². The third-order valence-electron chi connectivity index (χ3n) is 20.3. The first-order chi connectivity index (χ1) is 50.0. The third kappa shape index (κ3) is 35.5. The van der Waals surface area contributed by atoms with Gasteiger partial charge < -0.3 is 79.3 Å². The van der Waals surface area contributed by atoms with Crippen LogP contribution in [0.4, 0.5) is 0 Å². The maximum atomic E-state index is 14.5. The van der Waals surface area contributed by atoms with Crippen LogP contribution in [0.2, 0.25) is 0 Å². The summed E-state index contributed by atoms with van der Waals surface area (Å²) in [6.45, 7) is 22.5. The summed E-state index contributed by atoms with van der Waals surface area (Å²) in [5.74, 6) is -4.58. The third-order valence-corrected chi connectivity index (χ3v) is 20.3. The van der Waals surface area contributed by atoms with Crippen LogP contribution in [0.5, 0.6) is 0 Å². The molecule has 7 unspecified atom stereocenters. The van der Waals surface area contributed by atoms with E-state index in [1.54, 1.807) is 0 Å². The molecule has 29 nitrogen and oxygen atoms in total. The van der Waals surface area contributed by atoms with E-state index < -0.39 is 116 Å². The van der Waals surface area contributed by atoms with Crippen molar-refractivity contribution in [1.82, 2.24) is 36.8 Å². The zero-order chi connectivity index (χ0) is 77.4. The lowest BCUT2D eigenvalue weighted by molar-refractivity contribution is -0.255. The topological polar surface area (TPSA) is 373 Å². The number of Topliss-reactive ketones (excluding diaryl/α,β-unsaturated/α-hetero) is 2. The number of carbonyl (C=O) groups excluding carboxylic acids is 12. The zero-order valence-electron chi connectivity index (χ0n) is 64.3. The molecule has 3 saturated heterocycles. The van der Waals surface area contributed by atoms with Gasteiger partial charge in [-0.25, -0.2) is 0 Å². The summed E-state index contributed by atoms with van der Waals surface area (Å²) in [5.41, 5.74) is 0.809. The van der Waals surface area contributed by atoms with Crippen molar-refractivity contribution in [2.24, 2.45) is 47.3 Å². The van der Waals surface area contributed by atoms with Gasteiger partial charge in [-0.15, -0.1) is 0 Å². The molecule has 3 aliphatic rings. The van der Waals surface area contributed by atoms with E-state index in [0.29, 0.717) is 64.8 Å². The van der Waals surface area contributed by atoms with Crippen LogP contribution in [0, 0.1) is 47.3 Å². The predicted octanol–water partition coefficient (Wildman–Crippen LogP) is 5.87. The summed E-state index contributed by atoms with van der Waals surface area (Å²) >= 11 is 0. The van der Waals surface area contributed by atoms with E-state index in [1.807, 2.05) is 51.1 Å². The number of ketones is 2. The molecule has 4 rings (SSSR count). The van der Waals surface area contributed by atoms with E-state index in [0.717, 1.165) is 12.0 Å². The van der Waals surface area contributed by atoms with E-state index in [4.69, 9.17) is 47.4 Å². The lowest BCUT2D eigenvalue weighted by atomic mass is 9.79. The Morgan fingerprint density at radius 1 is 0.419 bits per heavy atom. The highest BCUT2D eigenvalue weighted by Crippen LogP contribution is 2.38. The molecule has 6 amide bonds. The van der Waals surface area contributed by atoms with Crippen molar-refractivity contribution in [1.29, 1.82) is 0 Å². The molecule has 3 heterocycles. The highest BCUT2D eigenvalue weighted by Gasteiger charge is 2.44. The largest absolute Gasteiger partial charge is 0.463 e. The summed E-state index contributed by atoms with van der Waals surface area (Å²) in [5, 5.41) is 16.8. The van der Waals surface area contributed by atoms with Crippen LogP contribution in [-0.4, -0.2) is 211 Å². The number of ether oxygens (including phenoxy) is 10. The molecule has 3 aliphatic heterocycles. The first-order valence-corrected chi connectivity index (χ1v) is 37.8. The molecule has 29 heteroatoms. The lowest BCUT2D eigenvalue weighted by Crippen LogP contribution is -2.58. The maximum Gasteiger partial charge on any atom is 0.306 e. The van der Waals surface area contributed by atoms with E-state index >= 15 is 0 Å². The Kier molecular flexibility index (Phi) is 42.8. The van der Waals surface area contributed by atoms with Crippen molar-refractivity contribution in [2.45, 2.75) is 242 Å². The van der Waals surface area contributed by atoms with Crippen molar-refractivity contribution in [3.63, 3.8) is 0 Å². The Hall–Kier alpha value is -7.02. The number of nitrogens with one attached hydrogen (secondary N) is 6. The Bertz CT molecular complexity index is 2870. The van der Waals surface area contributed by atoms with Gasteiger partial charge in [0.25, 0.3) is 0 Å². The standard InChI is InChI=1S/C76H123N7O22/c1-48-50(3)64(45-99-57(10)85)103-74(54(48)7)96-39-22-19-35-77-68(91)31-29-61(88)42-83(43-71(94)81-41-70(93)79-34-18-13-14-21-38-98-76-73(82-56(9)84)53(6)52(5)66(105-76)47-101-59(12)87)62(33-37-80-67(90)27-24-28-72(95)102-44-60-25-16-15-17-26-60)63(89)30-32-69(92)78-36-20-23-40-97-75-55(8)49(2)51(4)65(104-75)46-100-58(11)86/h15-17,25-26,48-55,62,64-66,73-76H,13-14,18-24,27-47H2,1-12H3,(H,77,91)(H,78,92)(H,79,93)(H,80,90)(H,81,94)(H,82,84)/t48-,49-,50+,51+,52+,53-,54?,55?,62?,64?,65?,66?,73?,74+,75+,76+/m0/s1. The second kappa shape index (κ2) is 49.8. The second-order valence-corrected chi connectivity index (χ2v) is 28.5. The monoisotopic (exact) mass is 1490 g/mol. The van der Waals surface area contributed by atoms with Crippen molar-refractivity contribution >= 4 is 70.9 Å². The molecule has 0 aromatic heterocycles. The normalized spacial score (nSPS) is 24.6. The van der Waals surface area contributed by atoms with Gasteiger partial charge in [-0.1, -0.05) is 98.6 Å². The molecule has 105 heavy (non-hydrogen) atoms. The number of unbranched alkanes of at least 4 members (excludes halogenated alkanes) is 5. The van der Waals surface area contributed by atoms with E-state index in [1.165, 1.54) is 32.6 Å². The molecule has 6 N–H and O–H groups in total. The minimum Gasteiger partial charge on any atom is -0.463 e. The first-order valence-electron chi connectivity index (χ1n) is 37.8. The van der Waals surface area contributed by atoms with Crippen LogP contribution in [0.1, 0.15) is 191 Å². The van der Waals surface area contributed by atoms with Crippen molar-refractivity contribution < 1.29 is 105 Å². The van der Waals surface area contributed by atoms with Crippen LogP contribution in [0.3, 0.4) is 0 Å². The summed E-state index contributed by atoms with van der Waals surface area (Å²) in [6.07, 6.45) is 1.01. The van der Waals surface area contributed by atoms with E-state index in [2.05, 4.69) is 66.5 Å². The molecule has 1 aromatic carbocycles. The molecule has 0 saturated carbocycles. The van der Waals surface area contributed by atoms with Gasteiger partial charge in [-0.05, 0) is 92.4 Å². The van der Waals surface area contributed by atoms with Gasteiger partial charge in [0.05, 0.1) is 50.0 Å². The fourth-order valence-corrected chi connectivity index (χ4v) is 12.8. The van der Waals surface area contributed by atoms with Gasteiger partial charge in [0.15, 0.2) is 24.7 Å².